The van der Waals surface area contributed by atoms with Gasteiger partial charge < -0.3 is 39.5 Å². The van der Waals surface area contributed by atoms with Crippen molar-refractivity contribution < 1.29 is 23.7 Å². The van der Waals surface area contributed by atoms with E-state index in [4.69, 9.17) is 24.4 Å². The van der Waals surface area contributed by atoms with Crippen molar-refractivity contribution in [3.63, 3.8) is 0 Å². The zero-order valence-corrected chi connectivity index (χ0v) is 29.4. The summed E-state index contributed by atoms with van der Waals surface area (Å²) in [6.45, 7) is 5.14. The molecule has 1 amide bonds. The number of para-hydroxylation sites is 1. The standard InChI is InChI=1S/C37H47N5O5S/c1-39-33(22-32(38)27-11-12-27)37(43)41(23-28-13-14-30(44-3)21-35(28)45-4)24-29-7-6-8-34(36(29)46-5)47-25-26-9-15-31(16-10-26)48-42-19-17-40(2)18-20-42/h6-10,13-16,21-22,27,38-39H,11-12,17-20,23-25H2,1-5H3/b33-22-,38-32?. The van der Waals surface area contributed by atoms with Crippen molar-refractivity contribution in [3.8, 4) is 23.0 Å². The van der Waals surface area contributed by atoms with E-state index in [0.29, 0.717) is 41.0 Å². The zero-order chi connectivity index (χ0) is 34.0. The molecule has 1 heterocycles. The molecule has 5 rings (SSSR count). The van der Waals surface area contributed by atoms with Gasteiger partial charge in [-0.1, -0.05) is 24.3 Å². The van der Waals surface area contributed by atoms with E-state index in [1.54, 1.807) is 51.3 Å². The summed E-state index contributed by atoms with van der Waals surface area (Å²) in [6.07, 6.45) is 3.62. The third kappa shape index (κ3) is 9.24. The van der Waals surface area contributed by atoms with Crippen molar-refractivity contribution >= 4 is 23.6 Å². The summed E-state index contributed by atoms with van der Waals surface area (Å²) >= 11 is 1.80. The Kier molecular flexibility index (Phi) is 12.3. The molecule has 0 bridgehead atoms. The number of nitrogens with zero attached hydrogens (tertiary/aromatic N) is 3. The van der Waals surface area contributed by atoms with Crippen molar-refractivity contribution in [2.45, 2.75) is 37.4 Å². The van der Waals surface area contributed by atoms with E-state index in [2.05, 4.69) is 45.8 Å². The normalized spacial score (nSPS) is 15.5. The first-order valence-corrected chi connectivity index (χ1v) is 17.1. The summed E-state index contributed by atoms with van der Waals surface area (Å²) in [4.78, 5) is 19.4. The highest BCUT2D eigenvalue weighted by Gasteiger charge is 2.28. The second-order valence-electron chi connectivity index (χ2n) is 12.1. The Balaban J connectivity index is 1.34. The highest BCUT2D eigenvalue weighted by atomic mass is 32.2. The van der Waals surface area contributed by atoms with Gasteiger partial charge in [-0.2, -0.15) is 0 Å². The van der Waals surface area contributed by atoms with Crippen LogP contribution in [0.25, 0.3) is 0 Å². The maximum atomic E-state index is 14.1. The number of hydrogen-bond donors (Lipinski definition) is 2. The van der Waals surface area contributed by atoms with Gasteiger partial charge in [-0.15, -0.1) is 0 Å². The van der Waals surface area contributed by atoms with Crippen LogP contribution in [-0.2, 0) is 24.5 Å². The van der Waals surface area contributed by atoms with Crippen molar-refractivity contribution in [3.05, 3.63) is 89.1 Å². The van der Waals surface area contributed by atoms with E-state index in [0.717, 1.165) is 55.7 Å². The van der Waals surface area contributed by atoms with Gasteiger partial charge in [-0.3, -0.25) is 4.79 Å². The molecule has 3 aromatic carbocycles. The number of amides is 1. The summed E-state index contributed by atoms with van der Waals surface area (Å²) in [5.41, 5.74) is 3.49. The van der Waals surface area contributed by atoms with Crippen molar-refractivity contribution in [1.29, 1.82) is 5.41 Å². The number of ether oxygens (including phenoxy) is 4. The fraction of sp³-hybridized carbons (Fsp3) is 0.405. The number of allylic oxidation sites excluding steroid dienone is 1. The van der Waals surface area contributed by atoms with Crippen LogP contribution in [0.5, 0.6) is 23.0 Å². The monoisotopic (exact) mass is 673 g/mol. The summed E-state index contributed by atoms with van der Waals surface area (Å²) in [5, 5.41) is 11.5. The lowest BCUT2D eigenvalue weighted by atomic mass is 10.1. The highest BCUT2D eigenvalue weighted by molar-refractivity contribution is 7.97. The zero-order valence-electron chi connectivity index (χ0n) is 28.6. The average Bonchev–Trinajstić information content (AvgIpc) is 3.97. The number of benzene rings is 3. The highest BCUT2D eigenvalue weighted by Crippen LogP contribution is 2.35. The van der Waals surface area contributed by atoms with Crippen LogP contribution in [0.1, 0.15) is 29.5 Å². The van der Waals surface area contributed by atoms with Crippen molar-refractivity contribution in [2.24, 2.45) is 5.92 Å². The molecule has 0 aromatic heterocycles. The van der Waals surface area contributed by atoms with E-state index >= 15 is 0 Å². The second kappa shape index (κ2) is 16.8. The Morgan fingerprint density at radius 1 is 0.938 bits per heavy atom. The van der Waals surface area contributed by atoms with E-state index in [1.165, 1.54) is 4.90 Å². The molecule has 2 fully saturated rings. The number of likely N-dealkylation sites (N-methyl/N-ethyl adjacent to an activating group) is 2. The maximum Gasteiger partial charge on any atom is 0.270 e. The Labute approximate surface area is 288 Å². The fourth-order valence-corrected chi connectivity index (χ4v) is 6.44. The minimum absolute atomic E-state index is 0.220. The van der Waals surface area contributed by atoms with Crippen LogP contribution >= 0.6 is 11.9 Å². The third-order valence-electron chi connectivity index (χ3n) is 8.60. The van der Waals surface area contributed by atoms with Gasteiger partial charge in [0.2, 0.25) is 0 Å². The Morgan fingerprint density at radius 3 is 2.31 bits per heavy atom. The number of methoxy groups -OCH3 is 3. The van der Waals surface area contributed by atoms with Gasteiger partial charge in [-0.05, 0) is 73.8 Å². The van der Waals surface area contributed by atoms with E-state index in [9.17, 15) is 4.79 Å². The molecular weight excluding hydrogens is 627 g/mol. The quantitative estimate of drug-likeness (QED) is 0.114. The molecule has 0 spiro atoms. The van der Waals surface area contributed by atoms with Gasteiger partial charge in [0.1, 0.15) is 23.8 Å². The molecule has 1 aliphatic heterocycles. The summed E-state index contributed by atoms with van der Waals surface area (Å²) in [7, 11) is 8.70. The largest absolute Gasteiger partial charge is 0.497 e. The average molecular weight is 674 g/mol. The first-order chi connectivity index (χ1) is 23.3. The molecule has 0 radical (unpaired) electrons. The van der Waals surface area contributed by atoms with Crippen molar-refractivity contribution in [1.82, 2.24) is 19.4 Å². The maximum absolute atomic E-state index is 14.1. The van der Waals surface area contributed by atoms with E-state index in [1.807, 2.05) is 36.4 Å². The van der Waals surface area contributed by atoms with Crippen LogP contribution < -0.4 is 24.3 Å². The molecule has 0 atom stereocenters. The Hall–Kier alpha value is -4.19. The second-order valence-corrected chi connectivity index (χ2v) is 13.3. The molecule has 256 valence electrons. The number of nitrogens with one attached hydrogen (secondary N) is 2. The molecular formula is C37H47N5O5S. The molecule has 2 N–H and O–H groups in total. The van der Waals surface area contributed by atoms with Crippen LogP contribution in [0.2, 0.25) is 0 Å². The molecule has 3 aromatic rings. The van der Waals surface area contributed by atoms with Gasteiger partial charge in [0.05, 0.1) is 34.4 Å². The minimum Gasteiger partial charge on any atom is -0.497 e. The van der Waals surface area contributed by atoms with Crippen LogP contribution in [-0.4, -0.2) is 87.3 Å². The van der Waals surface area contributed by atoms with E-state index in [-0.39, 0.29) is 24.9 Å². The molecule has 1 saturated carbocycles. The van der Waals surface area contributed by atoms with Gasteiger partial charge >= 0.3 is 0 Å². The lowest BCUT2D eigenvalue weighted by Gasteiger charge is -2.31. The molecule has 2 aliphatic rings. The smallest absolute Gasteiger partial charge is 0.270 e. The van der Waals surface area contributed by atoms with Crippen LogP contribution in [0.15, 0.2) is 77.3 Å². The van der Waals surface area contributed by atoms with Crippen LogP contribution in [0.3, 0.4) is 0 Å². The predicted octanol–water partition coefficient (Wildman–Crippen LogP) is 5.61. The first-order valence-electron chi connectivity index (χ1n) is 16.3. The molecule has 0 unspecified atom stereocenters. The number of rotatable bonds is 16. The molecule has 1 saturated heterocycles. The molecule has 1 aliphatic carbocycles. The van der Waals surface area contributed by atoms with E-state index < -0.39 is 0 Å². The Bertz CT molecular complexity index is 1590. The first kappa shape index (κ1) is 35.1. The topological polar surface area (TPSA) is 99.6 Å². The van der Waals surface area contributed by atoms with Crippen molar-refractivity contribution in [2.75, 3.05) is 61.6 Å². The summed E-state index contributed by atoms with van der Waals surface area (Å²) < 4.78 is 25.7. The minimum atomic E-state index is -0.233. The molecule has 48 heavy (non-hydrogen) atoms. The van der Waals surface area contributed by atoms with Gasteiger partial charge in [0.15, 0.2) is 11.5 Å². The predicted molar refractivity (Wildman–Crippen MR) is 190 cm³/mol. The van der Waals surface area contributed by atoms with Gasteiger partial charge in [-0.25, -0.2) is 4.31 Å². The molecule has 10 nitrogen and oxygen atoms in total. The van der Waals surface area contributed by atoms with Crippen LogP contribution in [0.4, 0.5) is 0 Å². The van der Waals surface area contributed by atoms with Crippen LogP contribution in [0, 0.1) is 11.3 Å². The molecule has 11 heteroatoms. The summed E-state index contributed by atoms with van der Waals surface area (Å²) in [5.74, 6) is 2.43. The van der Waals surface area contributed by atoms with Gasteiger partial charge in [0.25, 0.3) is 5.91 Å². The number of hydrogen-bond acceptors (Lipinski definition) is 10. The SMILES string of the molecule is CN/C(=C\C(=N)C1CC1)C(=O)N(Cc1ccc(OC)cc1OC)Cc1cccc(OCc2ccc(SN3CCN(C)CC3)cc2)c1OC. The number of piperazine rings is 1. The lowest BCUT2D eigenvalue weighted by Crippen LogP contribution is -2.40. The van der Waals surface area contributed by atoms with Gasteiger partial charge in [0, 0.05) is 66.9 Å². The lowest BCUT2D eigenvalue weighted by molar-refractivity contribution is -0.128. The Morgan fingerprint density at radius 2 is 1.67 bits per heavy atom. The summed E-state index contributed by atoms with van der Waals surface area (Å²) in [6, 6.07) is 19.8. The number of carbonyl (C=O) groups is 1. The fourth-order valence-electron chi connectivity index (χ4n) is 5.54. The third-order valence-corrected chi connectivity index (χ3v) is 9.71. The number of carbonyl (C=O) groups excluding carboxylic acids is 1.